The van der Waals surface area contributed by atoms with Gasteiger partial charge in [-0.15, -0.1) is 0 Å². The van der Waals surface area contributed by atoms with E-state index < -0.39 is 28.7 Å². The number of H-pyrrole nitrogens is 1. The van der Waals surface area contributed by atoms with Crippen LogP contribution in [-0.4, -0.2) is 45.1 Å². The van der Waals surface area contributed by atoms with Gasteiger partial charge in [0.05, 0.1) is 17.0 Å². The molecule has 5 rings (SSSR count). The number of hydrogen-bond donors (Lipinski definition) is 1. The number of imide groups is 1. The molecule has 1 N–H and O–H groups in total. The van der Waals surface area contributed by atoms with Gasteiger partial charge in [0.15, 0.2) is 0 Å². The second-order valence-electron chi connectivity index (χ2n) is 8.54. The zero-order chi connectivity index (χ0) is 25.2. The van der Waals surface area contributed by atoms with Crippen LogP contribution in [-0.2, 0) is 16.0 Å². The fraction of sp³-hybridized carbons (Fsp3) is 0.148. The zero-order valence-corrected chi connectivity index (χ0v) is 19.2. The van der Waals surface area contributed by atoms with E-state index in [1.165, 1.54) is 29.2 Å². The van der Waals surface area contributed by atoms with Crippen molar-refractivity contribution in [3.8, 4) is 0 Å². The first-order chi connectivity index (χ1) is 17.4. The number of aromatic nitrogens is 1. The first-order valence-corrected chi connectivity index (χ1v) is 11.5. The number of hydrogen-bond acceptors (Lipinski definition) is 5. The number of nitro groups is 1. The summed E-state index contributed by atoms with van der Waals surface area (Å²) < 4.78 is 0. The van der Waals surface area contributed by atoms with Crippen LogP contribution in [0.25, 0.3) is 10.9 Å². The van der Waals surface area contributed by atoms with Crippen molar-refractivity contribution in [3.63, 3.8) is 0 Å². The quantitative estimate of drug-likeness (QED) is 0.242. The first kappa shape index (κ1) is 23.0. The number of fused-ring (bicyclic) bond motifs is 1. The Morgan fingerprint density at radius 1 is 1.03 bits per heavy atom. The standard InChI is InChI=1S/C27H22N4O5/c32-25-16-24(27(34)30(25)20-8-2-1-3-9-20)29(26(33)18-7-6-10-21(15-18)31(35)36)14-13-19-17-28-23-12-5-4-11-22(19)23/h1-12,15,17,24,28H,13-14,16H2. The van der Waals surface area contributed by atoms with Gasteiger partial charge < -0.3 is 9.88 Å². The van der Waals surface area contributed by atoms with Gasteiger partial charge in [-0.1, -0.05) is 42.5 Å². The molecule has 4 aromatic rings. The van der Waals surface area contributed by atoms with Crippen LogP contribution in [0.4, 0.5) is 11.4 Å². The molecule has 1 unspecified atom stereocenters. The number of amides is 3. The summed E-state index contributed by atoms with van der Waals surface area (Å²) in [4.78, 5) is 56.3. The lowest BCUT2D eigenvalue weighted by Gasteiger charge is -2.28. The molecule has 36 heavy (non-hydrogen) atoms. The molecule has 1 saturated heterocycles. The van der Waals surface area contributed by atoms with E-state index in [0.717, 1.165) is 21.4 Å². The summed E-state index contributed by atoms with van der Waals surface area (Å²) in [6.07, 6.45) is 2.12. The largest absolute Gasteiger partial charge is 0.361 e. The highest BCUT2D eigenvalue weighted by Crippen LogP contribution is 2.28. The Balaban J connectivity index is 1.48. The number of para-hydroxylation sites is 2. The van der Waals surface area contributed by atoms with Crippen molar-refractivity contribution in [3.05, 3.63) is 106 Å². The van der Waals surface area contributed by atoms with Gasteiger partial charge in [-0.25, -0.2) is 4.90 Å². The number of carbonyl (C=O) groups excluding carboxylic acids is 3. The Morgan fingerprint density at radius 2 is 1.78 bits per heavy atom. The summed E-state index contributed by atoms with van der Waals surface area (Å²) in [7, 11) is 0. The van der Waals surface area contributed by atoms with Gasteiger partial charge in [0.2, 0.25) is 5.91 Å². The van der Waals surface area contributed by atoms with Crippen LogP contribution < -0.4 is 4.90 Å². The highest BCUT2D eigenvalue weighted by molar-refractivity contribution is 6.23. The van der Waals surface area contributed by atoms with Crippen LogP contribution >= 0.6 is 0 Å². The topological polar surface area (TPSA) is 117 Å². The number of aromatic amines is 1. The van der Waals surface area contributed by atoms with Gasteiger partial charge in [0, 0.05) is 41.3 Å². The summed E-state index contributed by atoms with van der Waals surface area (Å²) in [5.74, 6) is -1.44. The Kier molecular flexibility index (Phi) is 6.03. The maximum absolute atomic E-state index is 13.6. The molecule has 3 amide bonds. The lowest BCUT2D eigenvalue weighted by atomic mass is 10.1. The average Bonchev–Trinajstić information content (AvgIpc) is 3.44. The number of nitrogens with one attached hydrogen (secondary N) is 1. The molecule has 180 valence electrons. The van der Waals surface area contributed by atoms with Crippen molar-refractivity contribution in [1.82, 2.24) is 9.88 Å². The maximum Gasteiger partial charge on any atom is 0.270 e. The third-order valence-electron chi connectivity index (χ3n) is 6.38. The average molecular weight is 482 g/mol. The minimum Gasteiger partial charge on any atom is -0.361 e. The number of carbonyl (C=O) groups is 3. The van der Waals surface area contributed by atoms with Crippen molar-refractivity contribution >= 4 is 40.0 Å². The van der Waals surface area contributed by atoms with E-state index in [2.05, 4.69) is 4.98 Å². The summed E-state index contributed by atoms with van der Waals surface area (Å²) in [6, 6.07) is 20.7. The number of nitrogens with zero attached hydrogens (tertiary/aromatic N) is 3. The van der Waals surface area contributed by atoms with Crippen molar-refractivity contribution in [2.75, 3.05) is 11.4 Å². The van der Waals surface area contributed by atoms with E-state index in [1.54, 1.807) is 30.3 Å². The number of non-ortho nitro benzene ring substituents is 1. The highest BCUT2D eigenvalue weighted by atomic mass is 16.6. The highest BCUT2D eigenvalue weighted by Gasteiger charge is 2.44. The van der Waals surface area contributed by atoms with Gasteiger partial charge in [-0.3, -0.25) is 24.5 Å². The van der Waals surface area contributed by atoms with E-state index in [1.807, 2.05) is 30.5 Å². The zero-order valence-electron chi connectivity index (χ0n) is 19.2. The molecule has 2 heterocycles. The van der Waals surface area contributed by atoms with Crippen molar-refractivity contribution in [2.45, 2.75) is 18.9 Å². The number of anilines is 1. The lowest BCUT2D eigenvalue weighted by molar-refractivity contribution is -0.384. The van der Waals surface area contributed by atoms with Crippen LogP contribution in [0.2, 0.25) is 0 Å². The number of benzene rings is 3. The van der Waals surface area contributed by atoms with Crippen molar-refractivity contribution in [1.29, 1.82) is 0 Å². The van der Waals surface area contributed by atoms with E-state index >= 15 is 0 Å². The fourth-order valence-corrected chi connectivity index (χ4v) is 4.60. The van der Waals surface area contributed by atoms with E-state index in [-0.39, 0.29) is 24.2 Å². The minimum absolute atomic E-state index is 0.0848. The molecule has 9 heteroatoms. The molecule has 1 atom stereocenters. The van der Waals surface area contributed by atoms with Crippen LogP contribution in [0.15, 0.2) is 85.1 Å². The first-order valence-electron chi connectivity index (χ1n) is 11.5. The summed E-state index contributed by atoms with van der Waals surface area (Å²) in [6.45, 7) is 0.149. The predicted molar refractivity (Wildman–Crippen MR) is 133 cm³/mol. The molecule has 0 radical (unpaired) electrons. The molecule has 0 spiro atoms. The fourth-order valence-electron chi connectivity index (χ4n) is 4.60. The third-order valence-corrected chi connectivity index (χ3v) is 6.38. The molecule has 1 aromatic heterocycles. The number of nitro benzene ring substituents is 1. The predicted octanol–water partition coefficient (Wildman–Crippen LogP) is 4.09. The second kappa shape index (κ2) is 9.46. The lowest BCUT2D eigenvalue weighted by Crippen LogP contribution is -2.46. The third kappa shape index (κ3) is 4.22. The molecule has 0 bridgehead atoms. The maximum atomic E-state index is 13.6. The monoisotopic (exact) mass is 482 g/mol. The van der Waals surface area contributed by atoms with E-state index in [9.17, 15) is 24.5 Å². The normalized spacial score (nSPS) is 15.4. The van der Waals surface area contributed by atoms with Crippen LogP contribution in [0, 0.1) is 10.1 Å². The van der Waals surface area contributed by atoms with Gasteiger partial charge in [0.1, 0.15) is 6.04 Å². The molecular weight excluding hydrogens is 460 g/mol. The summed E-state index contributed by atoms with van der Waals surface area (Å²) in [5, 5.41) is 12.3. The molecule has 3 aromatic carbocycles. The molecule has 0 aliphatic carbocycles. The van der Waals surface area contributed by atoms with Gasteiger partial charge >= 0.3 is 0 Å². The molecule has 1 aliphatic heterocycles. The Labute approximate surface area is 206 Å². The van der Waals surface area contributed by atoms with Gasteiger partial charge in [0.25, 0.3) is 17.5 Å². The number of rotatable bonds is 7. The SMILES string of the molecule is O=C1CC(N(CCc2c[nH]c3ccccc23)C(=O)c2cccc([N+](=O)[O-])c2)C(=O)N1c1ccccc1. The molecule has 1 aliphatic rings. The van der Waals surface area contributed by atoms with E-state index in [0.29, 0.717) is 12.1 Å². The van der Waals surface area contributed by atoms with Gasteiger partial charge in [-0.2, -0.15) is 0 Å². The van der Waals surface area contributed by atoms with Crippen molar-refractivity contribution < 1.29 is 19.3 Å². The second-order valence-corrected chi connectivity index (χ2v) is 8.54. The molecule has 9 nitrogen and oxygen atoms in total. The Morgan fingerprint density at radius 3 is 2.56 bits per heavy atom. The van der Waals surface area contributed by atoms with E-state index in [4.69, 9.17) is 0 Å². The summed E-state index contributed by atoms with van der Waals surface area (Å²) >= 11 is 0. The van der Waals surface area contributed by atoms with Crippen LogP contribution in [0.1, 0.15) is 22.3 Å². The van der Waals surface area contributed by atoms with Crippen LogP contribution in [0.3, 0.4) is 0 Å². The smallest absolute Gasteiger partial charge is 0.270 e. The molecular formula is C27H22N4O5. The summed E-state index contributed by atoms with van der Waals surface area (Å²) in [5.41, 5.74) is 2.21. The van der Waals surface area contributed by atoms with Crippen LogP contribution in [0.5, 0.6) is 0 Å². The van der Waals surface area contributed by atoms with Crippen molar-refractivity contribution in [2.24, 2.45) is 0 Å². The Bertz CT molecular complexity index is 1480. The Hall–Kier alpha value is -4.79. The molecule has 1 fully saturated rings. The van der Waals surface area contributed by atoms with Gasteiger partial charge in [-0.05, 0) is 36.2 Å². The minimum atomic E-state index is -1.02. The molecule has 0 saturated carbocycles.